The second-order valence-corrected chi connectivity index (χ2v) is 3.51. The summed E-state index contributed by atoms with van der Waals surface area (Å²) < 4.78 is 22.8. The van der Waals surface area contributed by atoms with E-state index in [1.165, 1.54) is 0 Å². The summed E-state index contributed by atoms with van der Waals surface area (Å²) in [6.07, 6.45) is 0. The van der Waals surface area contributed by atoms with Crippen LogP contribution in [0.4, 0.5) is 11.4 Å². The van der Waals surface area contributed by atoms with E-state index in [2.05, 4.69) is 0 Å². The highest BCUT2D eigenvalue weighted by molar-refractivity contribution is 7.73. The first-order valence-corrected chi connectivity index (χ1v) is 5.99. The number of anilines is 2. The number of nitrogen functional groups attached to an aromatic ring is 2. The van der Waals surface area contributed by atoms with Crippen LogP contribution in [0, 0.1) is 0 Å². The van der Waals surface area contributed by atoms with Crippen LogP contribution in [-0.2, 0) is 11.4 Å². The van der Waals surface area contributed by atoms with Gasteiger partial charge in [0, 0.05) is 11.4 Å². The standard InChI is InChI=1S/2C6H7N.H2O3S/c2*7-6-4-2-1-3-5-6;1-4(2)3/h2*1-5H,7H2;(H2,1,2,3). The average molecular weight is 268 g/mol. The molecule has 0 aliphatic rings. The van der Waals surface area contributed by atoms with Crippen molar-refractivity contribution in [3.63, 3.8) is 0 Å². The van der Waals surface area contributed by atoms with E-state index in [4.69, 9.17) is 24.8 Å². The molecule has 18 heavy (non-hydrogen) atoms. The lowest BCUT2D eigenvalue weighted by Crippen LogP contribution is -1.79. The molecule has 98 valence electrons. The van der Waals surface area contributed by atoms with Crippen LogP contribution in [0.1, 0.15) is 0 Å². The molecule has 0 saturated carbocycles. The fourth-order valence-electron chi connectivity index (χ4n) is 0.906. The molecular formula is C12H16N2O3S. The zero-order valence-electron chi connectivity index (χ0n) is 9.64. The molecule has 5 nitrogen and oxygen atoms in total. The fraction of sp³-hybridized carbons (Fsp3) is 0. The van der Waals surface area contributed by atoms with E-state index in [9.17, 15) is 0 Å². The number of hydrogen-bond donors (Lipinski definition) is 4. The Kier molecular flexibility index (Phi) is 9.20. The first kappa shape index (κ1) is 16.1. The molecule has 6 heteroatoms. The molecule has 0 heterocycles. The van der Waals surface area contributed by atoms with Crippen molar-refractivity contribution in [3.05, 3.63) is 60.7 Å². The molecule has 6 N–H and O–H groups in total. The number of hydrogen-bond acceptors (Lipinski definition) is 3. The number of para-hydroxylation sites is 2. The minimum absolute atomic E-state index is 0.822. The second kappa shape index (κ2) is 10.3. The van der Waals surface area contributed by atoms with Gasteiger partial charge in [0.1, 0.15) is 0 Å². The summed E-state index contributed by atoms with van der Waals surface area (Å²) in [5.41, 5.74) is 12.4. The fourth-order valence-corrected chi connectivity index (χ4v) is 0.906. The van der Waals surface area contributed by atoms with Gasteiger partial charge in [-0.15, -0.1) is 0 Å². The normalized spacial score (nSPS) is 8.61. The van der Waals surface area contributed by atoms with Gasteiger partial charge < -0.3 is 11.5 Å². The van der Waals surface area contributed by atoms with Crippen molar-refractivity contribution in [2.45, 2.75) is 0 Å². The number of benzene rings is 2. The van der Waals surface area contributed by atoms with Gasteiger partial charge in [0.05, 0.1) is 0 Å². The molecule has 0 aromatic heterocycles. The van der Waals surface area contributed by atoms with Crippen molar-refractivity contribution in [1.82, 2.24) is 0 Å². The van der Waals surface area contributed by atoms with Crippen molar-refractivity contribution in [3.8, 4) is 0 Å². The molecule has 0 fully saturated rings. The van der Waals surface area contributed by atoms with Crippen LogP contribution in [0.25, 0.3) is 0 Å². The number of nitrogens with two attached hydrogens (primary N) is 2. The van der Waals surface area contributed by atoms with E-state index >= 15 is 0 Å². The van der Waals surface area contributed by atoms with Crippen molar-refractivity contribution in [2.75, 3.05) is 11.5 Å². The first-order valence-electron chi connectivity index (χ1n) is 4.93. The van der Waals surface area contributed by atoms with Crippen molar-refractivity contribution in [2.24, 2.45) is 0 Å². The Bertz CT molecular complexity index is 396. The third-order valence-electron chi connectivity index (χ3n) is 1.60. The molecule has 2 aromatic rings. The third-order valence-corrected chi connectivity index (χ3v) is 1.60. The Morgan fingerprint density at radius 2 is 0.944 bits per heavy atom. The van der Waals surface area contributed by atoms with Gasteiger partial charge in [0.2, 0.25) is 0 Å². The Hall–Kier alpha value is -1.89. The summed E-state index contributed by atoms with van der Waals surface area (Å²) in [5.74, 6) is 0. The molecule has 0 aliphatic heterocycles. The van der Waals surface area contributed by atoms with Gasteiger partial charge in [-0.05, 0) is 24.3 Å². The van der Waals surface area contributed by atoms with Crippen molar-refractivity contribution < 1.29 is 13.3 Å². The molecule has 0 amide bonds. The molecule has 0 atom stereocenters. The number of rotatable bonds is 0. The summed E-state index contributed by atoms with van der Waals surface area (Å²) in [4.78, 5) is 0. The molecular weight excluding hydrogens is 252 g/mol. The smallest absolute Gasteiger partial charge is 0.299 e. The topological polar surface area (TPSA) is 110 Å². The molecule has 2 aromatic carbocycles. The SMILES string of the molecule is Nc1ccccc1.Nc1ccccc1.O=S(O)O. The van der Waals surface area contributed by atoms with E-state index in [1.54, 1.807) is 0 Å². The van der Waals surface area contributed by atoms with E-state index in [-0.39, 0.29) is 0 Å². The predicted molar refractivity (Wildman–Crippen MR) is 75.1 cm³/mol. The summed E-state index contributed by atoms with van der Waals surface area (Å²) in [6, 6.07) is 19.0. The lowest BCUT2D eigenvalue weighted by molar-refractivity contribution is 0.454. The van der Waals surface area contributed by atoms with E-state index in [0.29, 0.717) is 0 Å². The maximum Gasteiger partial charge on any atom is 0.299 e. The maximum atomic E-state index is 8.67. The predicted octanol–water partition coefficient (Wildman–Crippen LogP) is 2.22. The van der Waals surface area contributed by atoms with Crippen molar-refractivity contribution >= 4 is 22.7 Å². The van der Waals surface area contributed by atoms with Crippen LogP contribution in [0.15, 0.2) is 60.7 Å². The highest BCUT2D eigenvalue weighted by atomic mass is 32.2. The molecule has 0 saturated heterocycles. The van der Waals surface area contributed by atoms with E-state index in [0.717, 1.165) is 11.4 Å². The van der Waals surface area contributed by atoms with Crippen LogP contribution < -0.4 is 11.5 Å². The van der Waals surface area contributed by atoms with Crippen LogP contribution in [-0.4, -0.2) is 13.3 Å². The van der Waals surface area contributed by atoms with Gasteiger partial charge in [0.15, 0.2) is 0 Å². The summed E-state index contributed by atoms with van der Waals surface area (Å²) in [5, 5.41) is 0. The molecule has 0 radical (unpaired) electrons. The maximum absolute atomic E-state index is 8.67. The van der Waals surface area contributed by atoms with Gasteiger partial charge in [-0.1, -0.05) is 36.4 Å². The van der Waals surface area contributed by atoms with Crippen molar-refractivity contribution in [1.29, 1.82) is 0 Å². The highest BCUT2D eigenvalue weighted by Crippen LogP contribution is 1.96. The van der Waals surface area contributed by atoms with Crippen LogP contribution >= 0.6 is 0 Å². The highest BCUT2D eigenvalue weighted by Gasteiger charge is 1.72. The Balaban J connectivity index is 0.000000253. The second-order valence-electron chi connectivity index (χ2n) is 3.05. The van der Waals surface area contributed by atoms with Gasteiger partial charge in [-0.2, -0.15) is 4.21 Å². The minimum Gasteiger partial charge on any atom is -0.399 e. The monoisotopic (exact) mass is 268 g/mol. The minimum atomic E-state index is -2.61. The molecule has 2 rings (SSSR count). The van der Waals surface area contributed by atoms with Gasteiger partial charge >= 0.3 is 0 Å². The zero-order chi connectivity index (χ0) is 13.8. The summed E-state index contributed by atoms with van der Waals surface area (Å²) in [7, 11) is 0. The molecule has 0 unspecified atom stereocenters. The van der Waals surface area contributed by atoms with Crippen LogP contribution in [0.3, 0.4) is 0 Å². The Morgan fingerprint density at radius 3 is 1.06 bits per heavy atom. The van der Waals surface area contributed by atoms with Crippen LogP contribution in [0.2, 0.25) is 0 Å². The molecule has 0 bridgehead atoms. The Labute approximate surface area is 109 Å². The largest absolute Gasteiger partial charge is 0.399 e. The Morgan fingerprint density at radius 1 is 0.722 bits per heavy atom. The molecule has 0 spiro atoms. The zero-order valence-corrected chi connectivity index (χ0v) is 10.5. The quantitative estimate of drug-likeness (QED) is 0.432. The molecule has 0 aliphatic carbocycles. The lowest BCUT2D eigenvalue weighted by Gasteiger charge is -1.83. The average Bonchev–Trinajstić information content (AvgIpc) is 2.31. The van der Waals surface area contributed by atoms with Gasteiger partial charge in [-0.3, -0.25) is 9.11 Å². The first-order chi connectivity index (χ1) is 8.52. The van der Waals surface area contributed by atoms with Gasteiger partial charge in [0.25, 0.3) is 11.4 Å². The summed E-state index contributed by atoms with van der Waals surface area (Å²) >= 11 is -2.61. The third kappa shape index (κ3) is 12.2. The van der Waals surface area contributed by atoms with Crippen LogP contribution in [0.5, 0.6) is 0 Å². The van der Waals surface area contributed by atoms with E-state index < -0.39 is 11.4 Å². The van der Waals surface area contributed by atoms with E-state index in [1.807, 2.05) is 60.7 Å². The summed E-state index contributed by atoms with van der Waals surface area (Å²) in [6.45, 7) is 0. The lowest BCUT2D eigenvalue weighted by atomic mass is 10.3. The van der Waals surface area contributed by atoms with Gasteiger partial charge in [-0.25, -0.2) is 0 Å².